The van der Waals surface area contributed by atoms with E-state index in [1.807, 2.05) is 18.2 Å². The van der Waals surface area contributed by atoms with Gasteiger partial charge in [0.1, 0.15) is 5.82 Å². The van der Waals surface area contributed by atoms with Gasteiger partial charge in [-0.05, 0) is 57.7 Å². The van der Waals surface area contributed by atoms with E-state index in [0.29, 0.717) is 15.9 Å². The lowest BCUT2D eigenvalue weighted by Gasteiger charge is -2.15. The summed E-state index contributed by atoms with van der Waals surface area (Å²) in [6.07, 6.45) is 0.525. The van der Waals surface area contributed by atoms with Gasteiger partial charge in [0.05, 0.1) is 4.47 Å². The quantitative estimate of drug-likeness (QED) is 0.739. The molecular weight excluding hydrogens is 396 g/mol. The van der Waals surface area contributed by atoms with Gasteiger partial charge in [-0.3, -0.25) is 0 Å². The standard InChI is InChI=1S/C14H11Br2ClFN/c15-11-5-4-9(17)7-10(11)13(19)6-8-2-1-3-12(18)14(8)16/h1-5,7,13H,6,19H2. The van der Waals surface area contributed by atoms with Crippen molar-refractivity contribution in [2.45, 2.75) is 12.5 Å². The maximum Gasteiger partial charge on any atom is 0.137 e. The van der Waals surface area contributed by atoms with Crippen molar-refractivity contribution in [1.29, 1.82) is 0 Å². The third kappa shape index (κ3) is 3.57. The van der Waals surface area contributed by atoms with Crippen LogP contribution in [0.1, 0.15) is 17.2 Å². The van der Waals surface area contributed by atoms with Crippen LogP contribution in [-0.4, -0.2) is 0 Å². The highest BCUT2D eigenvalue weighted by Gasteiger charge is 2.14. The summed E-state index contributed by atoms with van der Waals surface area (Å²) >= 11 is 12.7. The highest BCUT2D eigenvalue weighted by Crippen LogP contribution is 2.30. The molecule has 0 bridgehead atoms. The largest absolute Gasteiger partial charge is 0.324 e. The van der Waals surface area contributed by atoms with Crippen LogP contribution < -0.4 is 5.73 Å². The van der Waals surface area contributed by atoms with E-state index in [1.165, 1.54) is 6.07 Å². The van der Waals surface area contributed by atoms with Crippen molar-refractivity contribution in [1.82, 2.24) is 0 Å². The minimum atomic E-state index is -0.283. The average molecular weight is 408 g/mol. The fraction of sp³-hybridized carbons (Fsp3) is 0.143. The van der Waals surface area contributed by atoms with Gasteiger partial charge >= 0.3 is 0 Å². The maximum atomic E-state index is 13.5. The molecule has 0 spiro atoms. The second kappa shape index (κ2) is 6.35. The lowest BCUT2D eigenvalue weighted by atomic mass is 10.00. The Bertz CT molecular complexity index is 604. The van der Waals surface area contributed by atoms with Crippen LogP contribution >= 0.6 is 43.5 Å². The summed E-state index contributed by atoms with van der Waals surface area (Å²) in [6.45, 7) is 0. The van der Waals surface area contributed by atoms with Crippen LogP contribution in [0.25, 0.3) is 0 Å². The van der Waals surface area contributed by atoms with Crippen molar-refractivity contribution in [2.24, 2.45) is 5.73 Å². The summed E-state index contributed by atoms with van der Waals surface area (Å²) in [6, 6.07) is 10.2. The normalized spacial score (nSPS) is 12.5. The lowest BCUT2D eigenvalue weighted by Crippen LogP contribution is -2.14. The van der Waals surface area contributed by atoms with E-state index in [9.17, 15) is 4.39 Å². The fourth-order valence-corrected chi connectivity index (χ4v) is 3.00. The molecule has 0 aromatic heterocycles. The van der Waals surface area contributed by atoms with Gasteiger partial charge in [0.15, 0.2) is 0 Å². The van der Waals surface area contributed by atoms with Crippen molar-refractivity contribution in [3.8, 4) is 0 Å². The Hall–Kier alpha value is -0.420. The van der Waals surface area contributed by atoms with Gasteiger partial charge in [-0.1, -0.05) is 39.7 Å². The number of hydrogen-bond acceptors (Lipinski definition) is 1. The first-order valence-corrected chi connectivity index (χ1v) is 7.59. The van der Waals surface area contributed by atoms with Gasteiger partial charge in [-0.15, -0.1) is 0 Å². The van der Waals surface area contributed by atoms with Crippen LogP contribution in [0, 0.1) is 5.82 Å². The average Bonchev–Trinajstić information content (AvgIpc) is 2.38. The smallest absolute Gasteiger partial charge is 0.137 e. The molecule has 0 aliphatic heterocycles. The molecule has 0 aliphatic carbocycles. The molecule has 2 N–H and O–H groups in total. The van der Waals surface area contributed by atoms with Crippen molar-refractivity contribution in [2.75, 3.05) is 0 Å². The van der Waals surface area contributed by atoms with Gasteiger partial charge in [0.25, 0.3) is 0 Å². The topological polar surface area (TPSA) is 26.0 Å². The number of nitrogens with two attached hydrogens (primary N) is 1. The Morgan fingerprint density at radius 1 is 1.21 bits per heavy atom. The highest BCUT2D eigenvalue weighted by molar-refractivity contribution is 9.10. The molecule has 0 amide bonds. The molecule has 2 rings (SSSR count). The molecule has 0 saturated carbocycles. The molecule has 1 atom stereocenters. The number of rotatable bonds is 3. The van der Waals surface area contributed by atoms with Crippen LogP contribution in [0.2, 0.25) is 5.02 Å². The number of halogens is 4. The van der Waals surface area contributed by atoms with E-state index in [-0.39, 0.29) is 11.9 Å². The Morgan fingerprint density at radius 2 is 1.95 bits per heavy atom. The summed E-state index contributed by atoms with van der Waals surface area (Å²) in [5.41, 5.74) is 7.92. The van der Waals surface area contributed by atoms with E-state index in [0.717, 1.165) is 15.6 Å². The second-order valence-corrected chi connectivity index (χ2v) is 6.27. The van der Waals surface area contributed by atoms with Crippen molar-refractivity contribution in [3.05, 3.63) is 67.3 Å². The zero-order valence-corrected chi connectivity index (χ0v) is 13.8. The molecular formula is C14H11Br2ClFN. The van der Waals surface area contributed by atoms with Gasteiger partial charge in [-0.25, -0.2) is 4.39 Å². The first kappa shape index (κ1) is 15.0. The Kier molecular flexibility index (Phi) is 5.01. The summed E-state index contributed by atoms with van der Waals surface area (Å²) in [5, 5.41) is 0.631. The third-order valence-corrected chi connectivity index (χ3v) is 4.67. The SMILES string of the molecule is NC(Cc1cccc(F)c1Br)c1cc(Cl)ccc1Br. The second-order valence-electron chi connectivity index (χ2n) is 4.19. The molecule has 0 radical (unpaired) electrons. The van der Waals surface area contributed by atoms with Crippen LogP contribution in [0.15, 0.2) is 45.3 Å². The molecule has 2 aromatic rings. The highest BCUT2D eigenvalue weighted by atomic mass is 79.9. The predicted octanol–water partition coefficient (Wildman–Crippen LogP) is 5.25. The Balaban J connectivity index is 2.28. The molecule has 5 heteroatoms. The number of benzene rings is 2. The molecule has 0 fully saturated rings. The minimum Gasteiger partial charge on any atom is -0.324 e. The van der Waals surface area contributed by atoms with Crippen molar-refractivity contribution >= 4 is 43.5 Å². The van der Waals surface area contributed by atoms with Crippen molar-refractivity contribution in [3.63, 3.8) is 0 Å². The molecule has 1 nitrogen and oxygen atoms in total. The van der Waals surface area contributed by atoms with Gasteiger partial charge in [0, 0.05) is 15.5 Å². The zero-order valence-electron chi connectivity index (χ0n) is 9.84. The van der Waals surface area contributed by atoms with E-state index < -0.39 is 0 Å². The van der Waals surface area contributed by atoms with Gasteiger partial charge < -0.3 is 5.73 Å². The van der Waals surface area contributed by atoms with Gasteiger partial charge in [0.2, 0.25) is 0 Å². The summed E-state index contributed by atoms with van der Waals surface area (Å²) in [5.74, 6) is -0.283. The first-order valence-electron chi connectivity index (χ1n) is 5.62. The van der Waals surface area contributed by atoms with E-state index in [2.05, 4.69) is 31.9 Å². The summed E-state index contributed by atoms with van der Waals surface area (Å²) < 4.78 is 14.8. The number of hydrogen-bond donors (Lipinski definition) is 1. The Labute approximate surface area is 133 Å². The van der Waals surface area contributed by atoms with Crippen LogP contribution in [0.4, 0.5) is 4.39 Å². The monoisotopic (exact) mass is 405 g/mol. The van der Waals surface area contributed by atoms with E-state index in [1.54, 1.807) is 12.1 Å². The first-order chi connectivity index (χ1) is 8.99. The van der Waals surface area contributed by atoms with Crippen LogP contribution in [-0.2, 0) is 6.42 Å². The minimum absolute atomic E-state index is 0.258. The lowest BCUT2D eigenvalue weighted by molar-refractivity contribution is 0.614. The molecule has 100 valence electrons. The molecule has 0 saturated heterocycles. The van der Waals surface area contributed by atoms with Crippen LogP contribution in [0.5, 0.6) is 0 Å². The van der Waals surface area contributed by atoms with Gasteiger partial charge in [-0.2, -0.15) is 0 Å². The van der Waals surface area contributed by atoms with Crippen molar-refractivity contribution < 1.29 is 4.39 Å². The summed E-state index contributed by atoms with van der Waals surface area (Å²) in [7, 11) is 0. The summed E-state index contributed by atoms with van der Waals surface area (Å²) in [4.78, 5) is 0. The molecule has 19 heavy (non-hydrogen) atoms. The third-order valence-electron chi connectivity index (χ3n) is 2.83. The molecule has 0 aliphatic rings. The molecule has 0 heterocycles. The van der Waals surface area contributed by atoms with E-state index >= 15 is 0 Å². The van der Waals surface area contributed by atoms with E-state index in [4.69, 9.17) is 17.3 Å². The molecule has 1 unspecified atom stereocenters. The Morgan fingerprint density at radius 3 is 2.68 bits per heavy atom. The zero-order chi connectivity index (χ0) is 14.0. The maximum absolute atomic E-state index is 13.5. The molecule has 2 aromatic carbocycles. The van der Waals surface area contributed by atoms with Crippen LogP contribution in [0.3, 0.4) is 0 Å². The predicted molar refractivity (Wildman–Crippen MR) is 83.9 cm³/mol. The fourth-order valence-electron chi connectivity index (χ4n) is 1.85.